The minimum absolute atomic E-state index is 0.275. The molecule has 2 aromatic heterocycles. The molecule has 0 saturated carbocycles. The van der Waals surface area contributed by atoms with Gasteiger partial charge in [0, 0.05) is 50.2 Å². The van der Waals surface area contributed by atoms with E-state index in [2.05, 4.69) is 27.3 Å². The highest BCUT2D eigenvalue weighted by Gasteiger charge is 2.16. The number of fused-ring (bicyclic) bond motifs is 1. The van der Waals surface area contributed by atoms with E-state index in [0.717, 1.165) is 49.7 Å². The van der Waals surface area contributed by atoms with Gasteiger partial charge in [-0.15, -0.1) is 0 Å². The van der Waals surface area contributed by atoms with Crippen molar-refractivity contribution in [3.63, 3.8) is 0 Å². The van der Waals surface area contributed by atoms with Crippen LogP contribution in [0.4, 0.5) is 0 Å². The van der Waals surface area contributed by atoms with Crippen molar-refractivity contribution in [3.05, 3.63) is 29.7 Å². The SMILES string of the molecule is Cc1cc2ncc(CNCC3CN(C)CCO3)cn2n1. The molecule has 1 saturated heterocycles. The molecule has 6 heteroatoms. The third kappa shape index (κ3) is 3.15. The highest BCUT2D eigenvalue weighted by Crippen LogP contribution is 2.05. The fourth-order valence-corrected chi connectivity index (χ4v) is 2.49. The number of ether oxygens (including phenoxy) is 1. The number of likely N-dealkylation sites (N-methyl/N-ethyl adjacent to an activating group) is 1. The van der Waals surface area contributed by atoms with Crippen molar-refractivity contribution >= 4 is 5.65 Å². The second-order valence-electron chi connectivity index (χ2n) is 5.44. The van der Waals surface area contributed by atoms with Gasteiger partial charge in [0.15, 0.2) is 5.65 Å². The van der Waals surface area contributed by atoms with Crippen LogP contribution in [0.15, 0.2) is 18.5 Å². The molecule has 6 nitrogen and oxygen atoms in total. The van der Waals surface area contributed by atoms with Crippen LogP contribution in [-0.4, -0.2) is 58.9 Å². The van der Waals surface area contributed by atoms with E-state index < -0.39 is 0 Å². The van der Waals surface area contributed by atoms with Crippen LogP contribution in [0.25, 0.3) is 5.65 Å². The molecule has 1 unspecified atom stereocenters. The van der Waals surface area contributed by atoms with Crippen LogP contribution in [0.5, 0.6) is 0 Å². The molecule has 1 fully saturated rings. The zero-order valence-corrected chi connectivity index (χ0v) is 12.0. The zero-order valence-electron chi connectivity index (χ0n) is 12.0. The first-order valence-corrected chi connectivity index (χ1v) is 7.02. The van der Waals surface area contributed by atoms with Gasteiger partial charge >= 0.3 is 0 Å². The molecule has 2 aromatic rings. The number of aryl methyl sites for hydroxylation is 1. The number of morpholine rings is 1. The maximum atomic E-state index is 5.72. The lowest BCUT2D eigenvalue weighted by Gasteiger charge is -2.30. The maximum Gasteiger partial charge on any atom is 0.155 e. The van der Waals surface area contributed by atoms with Gasteiger partial charge in [0.05, 0.1) is 18.4 Å². The lowest BCUT2D eigenvalue weighted by atomic mass is 10.2. The number of hydrogen-bond acceptors (Lipinski definition) is 5. The summed E-state index contributed by atoms with van der Waals surface area (Å²) in [6.07, 6.45) is 4.20. The fraction of sp³-hybridized carbons (Fsp3) is 0.571. The van der Waals surface area contributed by atoms with Crippen molar-refractivity contribution in [1.82, 2.24) is 24.8 Å². The van der Waals surface area contributed by atoms with Gasteiger partial charge in [-0.3, -0.25) is 0 Å². The smallest absolute Gasteiger partial charge is 0.155 e. The van der Waals surface area contributed by atoms with Gasteiger partial charge in [-0.25, -0.2) is 9.50 Å². The molecule has 0 spiro atoms. The van der Waals surface area contributed by atoms with E-state index in [1.807, 2.05) is 29.9 Å². The lowest BCUT2D eigenvalue weighted by Crippen LogP contribution is -2.44. The van der Waals surface area contributed by atoms with Crippen LogP contribution >= 0.6 is 0 Å². The Bertz CT molecular complexity index is 582. The van der Waals surface area contributed by atoms with Crippen molar-refractivity contribution < 1.29 is 4.74 Å². The molecule has 108 valence electrons. The minimum atomic E-state index is 0.275. The summed E-state index contributed by atoms with van der Waals surface area (Å²) < 4.78 is 7.55. The van der Waals surface area contributed by atoms with Crippen molar-refractivity contribution in [2.45, 2.75) is 19.6 Å². The van der Waals surface area contributed by atoms with E-state index in [4.69, 9.17) is 4.74 Å². The normalized spacial score (nSPS) is 20.6. The summed E-state index contributed by atoms with van der Waals surface area (Å²) in [4.78, 5) is 6.70. The Labute approximate surface area is 118 Å². The van der Waals surface area contributed by atoms with E-state index in [9.17, 15) is 0 Å². The number of hydrogen-bond donors (Lipinski definition) is 1. The van der Waals surface area contributed by atoms with Gasteiger partial charge in [-0.05, 0) is 14.0 Å². The lowest BCUT2D eigenvalue weighted by molar-refractivity contribution is -0.0182. The van der Waals surface area contributed by atoms with Crippen molar-refractivity contribution in [3.8, 4) is 0 Å². The second-order valence-corrected chi connectivity index (χ2v) is 5.44. The Morgan fingerprint density at radius 1 is 1.50 bits per heavy atom. The molecule has 1 atom stereocenters. The fourth-order valence-electron chi connectivity index (χ4n) is 2.49. The zero-order chi connectivity index (χ0) is 13.9. The van der Waals surface area contributed by atoms with Crippen LogP contribution < -0.4 is 5.32 Å². The van der Waals surface area contributed by atoms with Gasteiger partial charge in [0.25, 0.3) is 0 Å². The Morgan fingerprint density at radius 2 is 2.40 bits per heavy atom. The average molecular weight is 275 g/mol. The van der Waals surface area contributed by atoms with Crippen LogP contribution in [-0.2, 0) is 11.3 Å². The van der Waals surface area contributed by atoms with Gasteiger partial charge in [0.2, 0.25) is 0 Å². The van der Waals surface area contributed by atoms with Crippen molar-refractivity contribution in [2.24, 2.45) is 0 Å². The predicted octanol–water partition coefficient (Wildman–Crippen LogP) is 0.458. The molecule has 0 bridgehead atoms. The molecular weight excluding hydrogens is 254 g/mol. The summed E-state index contributed by atoms with van der Waals surface area (Å²) >= 11 is 0. The summed E-state index contributed by atoms with van der Waals surface area (Å²) in [5, 5.41) is 7.81. The van der Waals surface area contributed by atoms with E-state index in [1.165, 1.54) is 0 Å². The van der Waals surface area contributed by atoms with Crippen LogP contribution in [0.1, 0.15) is 11.3 Å². The summed E-state index contributed by atoms with van der Waals surface area (Å²) in [5.41, 5.74) is 3.01. The third-order valence-corrected chi connectivity index (χ3v) is 3.53. The van der Waals surface area contributed by atoms with Crippen molar-refractivity contribution in [2.75, 3.05) is 33.3 Å². The molecule has 0 radical (unpaired) electrons. The van der Waals surface area contributed by atoms with Gasteiger partial charge in [-0.2, -0.15) is 5.10 Å². The van der Waals surface area contributed by atoms with Crippen molar-refractivity contribution in [1.29, 1.82) is 0 Å². The molecule has 1 N–H and O–H groups in total. The molecule has 0 aromatic carbocycles. The highest BCUT2D eigenvalue weighted by atomic mass is 16.5. The molecule has 20 heavy (non-hydrogen) atoms. The van der Waals surface area contributed by atoms with Gasteiger partial charge < -0.3 is 15.0 Å². The van der Waals surface area contributed by atoms with E-state index in [-0.39, 0.29) is 6.10 Å². The maximum absolute atomic E-state index is 5.72. The molecule has 0 amide bonds. The third-order valence-electron chi connectivity index (χ3n) is 3.53. The molecule has 0 aliphatic carbocycles. The summed E-state index contributed by atoms with van der Waals surface area (Å²) in [7, 11) is 2.13. The molecule has 1 aliphatic heterocycles. The largest absolute Gasteiger partial charge is 0.374 e. The molecule has 1 aliphatic rings. The summed E-state index contributed by atoms with van der Waals surface area (Å²) in [5.74, 6) is 0. The van der Waals surface area contributed by atoms with Gasteiger partial charge in [-0.1, -0.05) is 0 Å². The second kappa shape index (κ2) is 5.87. The first-order valence-electron chi connectivity index (χ1n) is 7.02. The molecular formula is C14H21N5O. The number of rotatable bonds is 4. The highest BCUT2D eigenvalue weighted by molar-refractivity contribution is 5.38. The van der Waals surface area contributed by atoms with Crippen LogP contribution in [0.2, 0.25) is 0 Å². The van der Waals surface area contributed by atoms with E-state index in [1.54, 1.807) is 0 Å². The topological polar surface area (TPSA) is 54.7 Å². The van der Waals surface area contributed by atoms with Crippen LogP contribution in [0, 0.1) is 6.92 Å². The Balaban J connectivity index is 1.54. The Hall–Kier alpha value is -1.50. The molecule has 3 heterocycles. The summed E-state index contributed by atoms with van der Waals surface area (Å²) in [6, 6.07) is 1.98. The number of aromatic nitrogens is 3. The first kappa shape index (κ1) is 13.5. The number of nitrogens with one attached hydrogen (secondary N) is 1. The van der Waals surface area contributed by atoms with Crippen LogP contribution in [0.3, 0.4) is 0 Å². The Morgan fingerprint density at radius 3 is 3.25 bits per heavy atom. The Kier molecular flexibility index (Phi) is 3.95. The monoisotopic (exact) mass is 275 g/mol. The average Bonchev–Trinajstić information content (AvgIpc) is 2.78. The summed E-state index contributed by atoms with van der Waals surface area (Å²) in [6.45, 7) is 6.46. The first-order chi connectivity index (χ1) is 9.70. The molecule has 3 rings (SSSR count). The van der Waals surface area contributed by atoms with E-state index in [0.29, 0.717) is 0 Å². The quantitative estimate of drug-likeness (QED) is 0.878. The van der Waals surface area contributed by atoms with E-state index >= 15 is 0 Å². The number of nitrogens with zero attached hydrogens (tertiary/aromatic N) is 4. The van der Waals surface area contributed by atoms with Gasteiger partial charge in [0.1, 0.15) is 0 Å². The predicted molar refractivity (Wildman–Crippen MR) is 76.7 cm³/mol. The minimum Gasteiger partial charge on any atom is -0.374 e. The standard InChI is InChI=1S/C14H21N5O/c1-11-5-14-16-7-12(9-19(14)17-11)6-15-8-13-10-18(2)3-4-20-13/h5,7,9,13,15H,3-4,6,8,10H2,1-2H3.